The molecule has 4 rings (SSSR count). The van der Waals surface area contributed by atoms with Crippen LogP contribution in [0.4, 0.5) is 10.2 Å². The average molecular weight is 537 g/mol. The number of aromatic nitrogens is 4. The number of hydrogen-bond donors (Lipinski definition) is 5. The largest absolute Gasteiger partial charge is 0.387 e. The Balaban J connectivity index is 1.50. The third-order valence-corrected chi connectivity index (χ3v) is 7.26. The molecule has 3 heterocycles. The highest BCUT2D eigenvalue weighted by Gasteiger charge is 2.47. The predicted molar refractivity (Wildman–Crippen MR) is 121 cm³/mol. The molecule has 13 nitrogen and oxygen atoms in total. The van der Waals surface area contributed by atoms with Gasteiger partial charge in [-0.05, 0) is 24.4 Å². The Bertz CT molecular complexity index is 1110. The first-order valence-electron chi connectivity index (χ1n) is 11.1. The van der Waals surface area contributed by atoms with Crippen molar-refractivity contribution in [1.29, 1.82) is 0 Å². The van der Waals surface area contributed by atoms with Crippen LogP contribution < -0.4 is 10.6 Å². The van der Waals surface area contributed by atoms with E-state index in [1.807, 2.05) is 0 Å². The van der Waals surface area contributed by atoms with Crippen molar-refractivity contribution in [2.75, 3.05) is 18.5 Å². The number of fused-ring (bicyclic) bond motifs is 1. The molecule has 0 radical (unpaired) electrons. The van der Waals surface area contributed by atoms with Crippen LogP contribution in [0.1, 0.15) is 38.8 Å². The number of alkyl halides is 1. The standard InChI is InChI=1S/C19H27ClFN6O7P/c1-9(28)22-7-13(35(30,31)32)33-8-12-15(29)14(21)18(34-12)27-17-11(6-23-27)16(25-19(20)26-17)24-10-4-2-3-5-10/h6,10,12-15,18,29H,2-5,7-8H2,1H3,(H,22,28)(H,24,25,26)(H2,30,31,32)/t12-,13?,14+,15-,18-/m1/s1. The summed E-state index contributed by atoms with van der Waals surface area (Å²) in [6, 6.07) is 0.229. The third-order valence-electron chi connectivity index (χ3n) is 6.01. The van der Waals surface area contributed by atoms with Gasteiger partial charge in [-0.2, -0.15) is 15.1 Å². The van der Waals surface area contributed by atoms with Gasteiger partial charge < -0.3 is 35.0 Å². The Morgan fingerprint density at radius 1 is 1.40 bits per heavy atom. The van der Waals surface area contributed by atoms with Crippen molar-refractivity contribution in [3.05, 3.63) is 11.5 Å². The molecular weight excluding hydrogens is 510 g/mol. The van der Waals surface area contributed by atoms with E-state index in [0.29, 0.717) is 11.2 Å². The van der Waals surface area contributed by atoms with Gasteiger partial charge in [0.2, 0.25) is 11.2 Å². The van der Waals surface area contributed by atoms with Gasteiger partial charge in [-0.15, -0.1) is 0 Å². The average Bonchev–Trinajstić information content (AvgIpc) is 3.49. The molecule has 1 unspecified atom stereocenters. The maximum Gasteiger partial charge on any atom is 0.355 e. The number of halogens is 2. The van der Waals surface area contributed by atoms with Gasteiger partial charge in [0.25, 0.3) is 0 Å². The number of carbonyl (C=O) groups is 1. The van der Waals surface area contributed by atoms with Crippen molar-refractivity contribution < 1.29 is 38.1 Å². The van der Waals surface area contributed by atoms with Gasteiger partial charge in [-0.3, -0.25) is 9.36 Å². The predicted octanol–water partition coefficient (Wildman–Crippen LogP) is 1.09. The summed E-state index contributed by atoms with van der Waals surface area (Å²) < 4.78 is 38.7. The molecule has 16 heteroatoms. The van der Waals surface area contributed by atoms with E-state index in [2.05, 4.69) is 25.7 Å². The van der Waals surface area contributed by atoms with Gasteiger partial charge >= 0.3 is 7.60 Å². The molecule has 1 aliphatic heterocycles. The monoisotopic (exact) mass is 536 g/mol. The lowest BCUT2D eigenvalue weighted by Crippen LogP contribution is -2.37. The number of hydrogen-bond acceptors (Lipinski definition) is 9. The number of aliphatic hydroxyl groups is 1. The third kappa shape index (κ3) is 5.91. The van der Waals surface area contributed by atoms with Crippen LogP contribution in [0.5, 0.6) is 0 Å². The summed E-state index contributed by atoms with van der Waals surface area (Å²) in [6.07, 6.45) is -0.657. The number of rotatable bonds is 9. The number of nitrogens with zero attached hydrogens (tertiary/aromatic N) is 4. The lowest BCUT2D eigenvalue weighted by Gasteiger charge is -2.22. The normalized spacial score (nSPS) is 26.3. The number of aliphatic hydroxyl groups excluding tert-OH is 1. The van der Waals surface area contributed by atoms with E-state index in [1.165, 1.54) is 13.1 Å². The van der Waals surface area contributed by atoms with Gasteiger partial charge in [-0.25, -0.2) is 9.07 Å². The highest BCUT2D eigenvalue weighted by atomic mass is 35.5. The van der Waals surface area contributed by atoms with Crippen LogP contribution in [0.25, 0.3) is 11.0 Å². The highest BCUT2D eigenvalue weighted by Crippen LogP contribution is 2.42. The minimum Gasteiger partial charge on any atom is -0.387 e. The number of amides is 1. The summed E-state index contributed by atoms with van der Waals surface area (Å²) in [6.45, 7) is 0.162. The fourth-order valence-corrected chi connectivity index (χ4v) is 4.98. The quantitative estimate of drug-likeness (QED) is 0.228. The number of ether oxygens (including phenoxy) is 2. The molecule has 194 valence electrons. The van der Waals surface area contributed by atoms with Gasteiger partial charge in [0, 0.05) is 13.0 Å². The van der Waals surface area contributed by atoms with Crippen molar-refractivity contribution in [3.8, 4) is 0 Å². The first kappa shape index (κ1) is 26.1. The van der Waals surface area contributed by atoms with E-state index in [-0.39, 0.29) is 17.0 Å². The second-order valence-electron chi connectivity index (χ2n) is 8.61. The van der Waals surface area contributed by atoms with E-state index in [9.17, 15) is 24.3 Å². The van der Waals surface area contributed by atoms with Crippen LogP contribution in [-0.4, -0.2) is 84.0 Å². The minimum absolute atomic E-state index is 0.0731. The van der Waals surface area contributed by atoms with Crippen LogP contribution in [0.3, 0.4) is 0 Å². The lowest BCUT2D eigenvalue weighted by atomic mass is 10.1. The Morgan fingerprint density at radius 2 is 2.11 bits per heavy atom. The van der Waals surface area contributed by atoms with E-state index >= 15 is 4.39 Å². The van der Waals surface area contributed by atoms with Crippen molar-refractivity contribution in [3.63, 3.8) is 0 Å². The van der Waals surface area contributed by atoms with Crippen LogP contribution in [0.15, 0.2) is 6.20 Å². The Kier molecular flexibility index (Phi) is 7.91. The van der Waals surface area contributed by atoms with Crippen molar-refractivity contribution in [2.45, 2.75) is 69.1 Å². The minimum atomic E-state index is -4.77. The smallest absolute Gasteiger partial charge is 0.355 e. The molecule has 1 saturated heterocycles. The molecule has 2 aromatic rings. The summed E-state index contributed by atoms with van der Waals surface area (Å²) in [5.74, 6) is -1.74. The number of carbonyl (C=O) groups excluding carboxylic acids is 1. The van der Waals surface area contributed by atoms with E-state index in [1.54, 1.807) is 0 Å². The van der Waals surface area contributed by atoms with Crippen molar-refractivity contribution in [1.82, 2.24) is 25.1 Å². The molecule has 1 saturated carbocycles. The first-order chi connectivity index (χ1) is 16.5. The molecule has 0 spiro atoms. The molecule has 2 aliphatic rings. The second-order valence-corrected chi connectivity index (χ2v) is 10.7. The van der Waals surface area contributed by atoms with E-state index in [4.69, 9.17) is 21.1 Å². The maximum absolute atomic E-state index is 15.1. The molecule has 2 aromatic heterocycles. The zero-order chi connectivity index (χ0) is 25.3. The van der Waals surface area contributed by atoms with E-state index in [0.717, 1.165) is 30.4 Å². The molecule has 2 fully saturated rings. The summed E-state index contributed by atoms with van der Waals surface area (Å²) in [7, 11) is -4.77. The van der Waals surface area contributed by atoms with Gasteiger partial charge in [-0.1, -0.05) is 12.8 Å². The topological polar surface area (TPSA) is 181 Å². The SMILES string of the molecule is CC(=O)NCC(OC[C@H]1O[C@@H](n2ncc3c(NC4CCCC4)nc(Cl)nc32)[C@@H](F)[C@@H]1O)P(=O)(O)O. The van der Waals surface area contributed by atoms with Crippen LogP contribution in [-0.2, 0) is 18.8 Å². The Labute approximate surface area is 204 Å². The molecule has 5 N–H and O–H groups in total. The zero-order valence-corrected chi connectivity index (χ0v) is 20.4. The maximum atomic E-state index is 15.1. The van der Waals surface area contributed by atoms with Gasteiger partial charge in [0.05, 0.1) is 24.7 Å². The zero-order valence-electron chi connectivity index (χ0n) is 18.8. The number of nitrogens with one attached hydrogen (secondary N) is 2. The molecular formula is C19H27ClFN6O7P. The molecule has 0 aromatic carbocycles. The van der Waals surface area contributed by atoms with E-state index < -0.39 is 57.1 Å². The molecule has 1 aliphatic carbocycles. The molecule has 0 bridgehead atoms. The highest BCUT2D eigenvalue weighted by molar-refractivity contribution is 7.52. The summed E-state index contributed by atoms with van der Waals surface area (Å²) in [5.41, 5.74) is 0.200. The Hall–Kier alpha value is -1.93. The Morgan fingerprint density at radius 3 is 2.77 bits per heavy atom. The van der Waals surface area contributed by atoms with Gasteiger partial charge in [0.15, 0.2) is 23.9 Å². The van der Waals surface area contributed by atoms with Crippen molar-refractivity contribution >= 4 is 42.0 Å². The summed E-state index contributed by atoms with van der Waals surface area (Å²) in [4.78, 5) is 38.4. The van der Waals surface area contributed by atoms with Crippen LogP contribution in [0, 0.1) is 0 Å². The van der Waals surface area contributed by atoms with Crippen LogP contribution >= 0.6 is 19.2 Å². The molecule has 35 heavy (non-hydrogen) atoms. The summed E-state index contributed by atoms with van der Waals surface area (Å²) >= 11 is 6.11. The van der Waals surface area contributed by atoms with Gasteiger partial charge in [0.1, 0.15) is 18.0 Å². The van der Waals surface area contributed by atoms with Crippen molar-refractivity contribution in [2.24, 2.45) is 0 Å². The second kappa shape index (κ2) is 10.6. The number of anilines is 1. The molecule has 1 amide bonds. The summed E-state index contributed by atoms with van der Waals surface area (Å²) in [5, 5.41) is 20.6. The molecule has 5 atom stereocenters. The fraction of sp³-hybridized carbons (Fsp3) is 0.684. The first-order valence-corrected chi connectivity index (χ1v) is 13.2. The lowest BCUT2D eigenvalue weighted by molar-refractivity contribution is -0.119. The fourth-order valence-electron chi connectivity index (χ4n) is 4.21. The van der Waals surface area contributed by atoms with Crippen LogP contribution in [0.2, 0.25) is 5.28 Å².